The Hall–Kier alpha value is -1.02. The Kier molecular flexibility index (Phi) is 2.77. The van der Waals surface area contributed by atoms with E-state index in [2.05, 4.69) is 5.32 Å². The molecule has 2 nitrogen and oxygen atoms in total. The van der Waals surface area contributed by atoms with Gasteiger partial charge in [-0.15, -0.1) is 0 Å². The molecule has 0 fully saturated rings. The van der Waals surface area contributed by atoms with Gasteiger partial charge in [0.2, 0.25) is 0 Å². The Morgan fingerprint density at radius 2 is 1.90 bits per heavy atom. The summed E-state index contributed by atoms with van der Waals surface area (Å²) in [5.74, 6) is 0. The zero-order valence-electron chi connectivity index (χ0n) is 5.70. The van der Waals surface area contributed by atoms with E-state index in [0.717, 1.165) is 5.69 Å². The molecule has 1 aromatic rings. The maximum absolute atomic E-state index is 8.43. The van der Waals surface area contributed by atoms with Crippen LogP contribution >= 0.6 is 0 Å². The molecule has 1 radical (unpaired) electrons. The highest BCUT2D eigenvalue weighted by Gasteiger charge is 1.87. The topological polar surface area (TPSA) is 34.3 Å². The number of nitrogens with zero attached hydrogens (tertiary/aromatic N) is 1. The summed E-state index contributed by atoms with van der Waals surface area (Å²) in [6, 6.07) is 9.62. The van der Waals surface area contributed by atoms with Crippen molar-refractivity contribution in [1.29, 1.82) is 0 Å². The molecule has 0 saturated carbocycles. The molecule has 1 rings (SSSR count). The quantitative estimate of drug-likeness (QED) is 0.658. The van der Waals surface area contributed by atoms with E-state index in [0.29, 0.717) is 6.54 Å². The Bertz CT molecular complexity index is 174. The molecule has 0 heterocycles. The predicted molar refractivity (Wildman–Crippen MR) is 40.2 cm³/mol. The number of hydrogen-bond donors (Lipinski definition) is 1. The second kappa shape index (κ2) is 3.90. The van der Waals surface area contributed by atoms with Crippen LogP contribution in [0, 0.1) is 0 Å². The van der Waals surface area contributed by atoms with Crippen LogP contribution in [-0.2, 0) is 0 Å². The summed E-state index contributed by atoms with van der Waals surface area (Å²) in [5.41, 5.74) is 0.927. The van der Waals surface area contributed by atoms with Gasteiger partial charge in [0, 0.05) is 0 Å². The van der Waals surface area contributed by atoms with Crippen molar-refractivity contribution in [2.24, 2.45) is 0 Å². The first-order chi connectivity index (χ1) is 4.93. The summed E-state index contributed by atoms with van der Waals surface area (Å²) in [6.07, 6.45) is 0. The van der Waals surface area contributed by atoms with Crippen molar-refractivity contribution in [3.63, 3.8) is 0 Å². The van der Waals surface area contributed by atoms with E-state index in [1.54, 1.807) is 0 Å². The van der Waals surface area contributed by atoms with Gasteiger partial charge in [-0.1, -0.05) is 18.2 Å². The minimum absolute atomic E-state index is 0.120. The van der Waals surface area contributed by atoms with Crippen LogP contribution in [0.3, 0.4) is 0 Å². The van der Waals surface area contributed by atoms with E-state index in [9.17, 15) is 0 Å². The van der Waals surface area contributed by atoms with Crippen LogP contribution in [0.1, 0.15) is 0 Å². The first-order valence-electron chi connectivity index (χ1n) is 3.27. The summed E-state index contributed by atoms with van der Waals surface area (Å²) in [5, 5.41) is 12.5. The third kappa shape index (κ3) is 2.07. The summed E-state index contributed by atoms with van der Waals surface area (Å²) in [6.45, 7) is 0.610. The number of aliphatic hydroxyl groups is 1. The van der Waals surface area contributed by atoms with Crippen molar-refractivity contribution in [2.45, 2.75) is 0 Å². The fourth-order valence-corrected chi connectivity index (χ4v) is 0.713. The van der Waals surface area contributed by atoms with E-state index >= 15 is 0 Å². The van der Waals surface area contributed by atoms with Gasteiger partial charge in [-0.2, -0.15) is 0 Å². The molecule has 0 aliphatic carbocycles. The smallest absolute Gasteiger partial charge is 0.0628 e. The van der Waals surface area contributed by atoms with Gasteiger partial charge >= 0.3 is 0 Å². The van der Waals surface area contributed by atoms with Crippen LogP contribution in [0.2, 0.25) is 0 Å². The Labute approximate surface area is 60.5 Å². The normalized spacial score (nSPS) is 9.30. The number of benzene rings is 1. The molecular weight excluding hydrogens is 126 g/mol. The molecule has 0 bridgehead atoms. The van der Waals surface area contributed by atoms with Crippen LogP contribution in [0.5, 0.6) is 0 Å². The molecule has 0 atom stereocenters. The lowest BCUT2D eigenvalue weighted by Gasteiger charge is -1.97. The zero-order valence-corrected chi connectivity index (χ0v) is 5.70. The van der Waals surface area contributed by atoms with Crippen molar-refractivity contribution >= 4 is 5.69 Å². The van der Waals surface area contributed by atoms with Crippen molar-refractivity contribution in [2.75, 3.05) is 13.2 Å². The van der Waals surface area contributed by atoms with E-state index in [-0.39, 0.29) is 6.61 Å². The molecule has 0 aliphatic rings. The lowest BCUT2D eigenvalue weighted by molar-refractivity contribution is 0.298. The molecule has 2 heteroatoms. The minimum atomic E-state index is 0.120. The number of aliphatic hydroxyl groups excluding tert-OH is 1. The summed E-state index contributed by atoms with van der Waals surface area (Å²) in [4.78, 5) is 0. The second-order valence-corrected chi connectivity index (χ2v) is 1.94. The summed E-state index contributed by atoms with van der Waals surface area (Å²) in [7, 11) is 0. The maximum Gasteiger partial charge on any atom is 0.0628 e. The van der Waals surface area contributed by atoms with Gasteiger partial charge < -0.3 is 5.11 Å². The minimum Gasteiger partial charge on any atom is -0.394 e. The van der Waals surface area contributed by atoms with Crippen LogP contribution in [0.4, 0.5) is 5.69 Å². The van der Waals surface area contributed by atoms with Gasteiger partial charge in [0.05, 0.1) is 18.8 Å². The Balaban J connectivity index is 2.43. The van der Waals surface area contributed by atoms with Crippen LogP contribution in [-0.4, -0.2) is 18.3 Å². The highest BCUT2D eigenvalue weighted by Crippen LogP contribution is 2.03. The number of para-hydroxylation sites is 1. The van der Waals surface area contributed by atoms with Gasteiger partial charge in [-0.3, -0.25) is 5.32 Å². The molecule has 1 N–H and O–H groups in total. The van der Waals surface area contributed by atoms with Gasteiger partial charge in [-0.25, -0.2) is 0 Å². The van der Waals surface area contributed by atoms with Gasteiger partial charge in [0.1, 0.15) is 0 Å². The largest absolute Gasteiger partial charge is 0.394 e. The predicted octanol–water partition coefficient (Wildman–Crippen LogP) is 0.915. The van der Waals surface area contributed by atoms with Gasteiger partial charge in [0.25, 0.3) is 0 Å². The average Bonchev–Trinajstić information content (AvgIpc) is 2.03. The van der Waals surface area contributed by atoms with E-state index in [1.165, 1.54) is 0 Å². The molecule has 53 valence electrons. The van der Waals surface area contributed by atoms with E-state index in [4.69, 9.17) is 5.11 Å². The third-order valence-electron chi connectivity index (χ3n) is 1.15. The maximum atomic E-state index is 8.43. The number of hydrogen-bond acceptors (Lipinski definition) is 1. The first kappa shape index (κ1) is 7.09. The average molecular weight is 136 g/mol. The zero-order chi connectivity index (χ0) is 7.23. The monoisotopic (exact) mass is 136 g/mol. The molecule has 0 amide bonds. The standard InChI is InChI=1S/C8H10NO/c10-7-6-9-8-4-2-1-3-5-8/h1-5,10H,6-7H2. The number of rotatable bonds is 3. The highest BCUT2D eigenvalue weighted by molar-refractivity contribution is 5.34. The first-order valence-corrected chi connectivity index (χ1v) is 3.27. The molecule has 0 aliphatic heterocycles. The fourth-order valence-electron chi connectivity index (χ4n) is 0.713. The molecule has 1 aromatic carbocycles. The molecular formula is C8H10NO. The van der Waals surface area contributed by atoms with E-state index < -0.39 is 0 Å². The summed E-state index contributed by atoms with van der Waals surface area (Å²) >= 11 is 0. The highest BCUT2D eigenvalue weighted by atomic mass is 16.3. The fraction of sp³-hybridized carbons (Fsp3) is 0.250. The van der Waals surface area contributed by atoms with Crippen LogP contribution in [0.15, 0.2) is 30.3 Å². The third-order valence-corrected chi connectivity index (χ3v) is 1.15. The summed E-state index contributed by atoms with van der Waals surface area (Å²) < 4.78 is 0. The molecule has 0 aromatic heterocycles. The molecule has 0 unspecified atom stereocenters. The van der Waals surface area contributed by atoms with Crippen molar-refractivity contribution in [3.05, 3.63) is 30.3 Å². The molecule has 0 spiro atoms. The van der Waals surface area contributed by atoms with Crippen molar-refractivity contribution in [3.8, 4) is 0 Å². The Morgan fingerprint density at radius 1 is 1.20 bits per heavy atom. The van der Waals surface area contributed by atoms with Gasteiger partial charge in [0.15, 0.2) is 0 Å². The molecule has 0 saturated heterocycles. The van der Waals surface area contributed by atoms with E-state index in [1.807, 2.05) is 30.3 Å². The second-order valence-electron chi connectivity index (χ2n) is 1.94. The Morgan fingerprint density at radius 3 is 2.50 bits per heavy atom. The van der Waals surface area contributed by atoms with Crippen LogP contribution in [0.25, 0.3) is 0 Å². The van der Waals surface area contributed by atoms with Crippen molar-refractivity contribution < 1.29 is 5.11 Å². The molecule has 10 heavy (non-hydrogen) atoms. The van der Waals surface area contributed by atoms with Gasteiger partial charge in [-0.05, 0) is 12.1 Å². The van der Waals surface area contributed by atoms with Crippen LogP contribution < -0.4 is 5.32 Å². The lowest BCUT2D eigenvalue weighted by Crippen LogP contribution is -2.03. The lowest BCUT2D eigenvalue weighted by atomic mass is 10.3. The SMILES string of the molecule is OCC[N]c1ccccc1. The van der Waals surface area contributed by atoms with Crippen molar-refractivity contribution in [1.82, 2.24) is 5.32 Å².